The number of amides is 1. The fourth-order valence-corrected chi connectivity index (χ4v) is 4.21. The quantitative estimate of drug-likeness (QED) is 0.413. The first-order valence-corrected chi connectivity index (χ1v) is 9.65. The average molecular weight is 387 g/mol. The van der Waals surface area contributed by atoms with Crippen molar-refractivity contribution in [3.63, 3.8) is 0 Å². The van der Waals surface area contributed by atoms with Crippen LogP contribution < -0.4 is 10.9 Å². The third-order valence-electron chi connectivity index (χ3n) is 3.81. The molecule has 3 rings (SSSR count). The van der Waals surface area contributed by atoms with Crippen molar-refractivity contribution in [1.82, 2.24) is 9.55 Å². The fraction of sp³-hybridized carbons (Fsp3) is 0.222. The predicted molar refractivity (Wildman–Crippen MR) is 105 cm³/mol. The second-order valence-electron chi connectivity index (χ2n) is 5.78. The third-order valence-corrected chi connectivity index (χ3v) is 5.76. The minimum absolute atomic E-state index is 0.0649. The molecule has 1 aromatic carbocycles. The highest BCUT2D eigenvalue weighted by atomic mass is 32.2. The number of nitrogens with zero attached hydrogens (tertiary/aromatic N) is 2. The number of thiophene rings is 1. The Balaban J connectivity index is 1.80. The molecule has 134 valence electrons. The zero-order chi connectivity index (χ0) is 18.8. The number of ketones is 1. The van der Waals surface area contributed by atoms with E-state index in [4.69, 9.17) is 0 Å². The summed E-state index contributed by atoms with van der Waals surface area (Å²) in [5.41, 5.74) is 1.07. The van der Waals surface area contributed by atoms with E-state index in [1.165, 1.54) is 34.6 Å². The number of fused-ring (bicyclic) bond motifs is 1. The van der Waals surface area contributed by atoms with Gasteiger partial charge in [-0.2, -0.15) is 0 Å². The Morgan fingerprint density at radius 2 is 1.92 bits per heavy atom. The van der Waals surface area contributed by atoms with E-state index in [0.29, 0.717) is 26.6 Å². The number of aromatic nitrogens is 2. The molecule has 0 saturated heterocycles. The van der Waals surface area contributed by atoms with E-state index >= 15 is 0 Å². The summed E-state index contributed by atoms with van der Waals surface area (Å²) in [7, 11) is 1.66. The second-order valence-corrected chi connectivity index (χ2v) is 7.98. The first-order chi connectivity index (χ1) is 12.4. The zero-order valence-electron chi connectivity index (χ0n) is 14.5. The van der Waals surface area contributed by atoms with E-state index < -0.39 is 5.25 Å². The zero-order valence-corrected chi connectivity index (χ0v) is 16.1. The number of carbonyl (C=O) groups excluding carboxylic acids is 2. The predicted octanol–water partition coefficient (Wildman–Crippen LogP) is 3.32. The number of hydrogen-bond acceptors (Lipinski definition) is 6. The van der Waals surface area contributed by atoms with E-state index in [0.717, 1.165) is 0 Å². The lowest BCUT2D eigenvalue weighted by atomic mass is 10.1. The molecule has 1 amide bonds. The number of carbonyl (C=O) groups is 2. The van der Waals surface area contributed by atoms with Gasteiger partial charge in [0.05, 0.1) is 10.6 Å². The van der Waals surface area contributed by atoms with Crippen LogP contribution in [0.1, 0.15) is 24.2 Å². The van der Waals surface area contributed by atoms with Crippen LogP contribution in [-0.2, 0) is 11.8 Å². The first kappa shape index (κ1) is 18.3. The van der Waals surface area contributed by atoms with Gasteiger partial charge in [0, 0.05) is 25.2 Å². The van der Waals surface area contributed by atoms with E-state index in [2.05, 4.69) is 10.3 Å². The van der Waals surface area contributed by atoms with Crippen molar-refractivity contribution in [3.8, 4) is 0 Å². The highest BCUT2D eigenvalue weighted by Gasteiger charge is 2.20. The Morgan fingerprint density at radius 1 is 1.23 bits per heavy atom. The third kappa shape index (κ3) is 3.71. The van der Waals surface area contributed by atoms with E-state index in [1.807, 2.05) is 5.38 Å². The van der Waals surface area contributed by atoms with Crippen molar-refractivity contribution in [2.45, 2.75) is 24.3 Å². The van der Waals surface area contributed by atoms with Crippen molar-refractivity contribution in [1.29, 1.82) is 0 Å². The van der Waals surface area contributed by atoms with Gasteiger partial charge in [0.2, 0.25) is 5.91 Å². The molecule has 0 aliphatic carbocycles. The highest BCUT2D eigenvalue weighted by Crippen LogP contribution is 2.26. The fourth-order valence-electron chi connectivity index (χ4n) is 2.45. The maximum absolute atomic E-state index is 12.7. The van der Waals surface area contributed by atoms with E-state index in [9.17, 15) is 14.4 Å². The molecule has 0 bridgehead atoms. The monoisotopic (exact) mass is 387 g/mol. The van der Waals surface area contributed by atoms with E-state index in [1.54, 1.807) is 44.3 Å². The number of Topliss-reactive ketones (excluding diaryl/α,β-unsaturated/α-hetero) is 1. The molecule has 0 aliphatic rings. The molecule has 6 nitrogen and oxygen atoms in total. The Kier molecular flexibility index (Phi) is 5.24. The maximum atomic E-state index is 12.7. The van der Waals surface area contributed by atoms with Crippen molar-refractivity contribution < 1.29 is 9.59 Å². The molecule has 3 aromatic rings. The molecular formula is C18H17N3O3S2. The van der Waals surface area contributed by atoms with Crippen LogP contribution in [0, 0.1) is 0 Å². The van der Waals surface area contributed by atoms with Gasteiger partial charge >= 0.3 is 0 Å². The second kappa shape index (κ2) is 7.43. The minimum Gasteiger partial charge on any atom is -0.326 e. The molecule has 0 aliphatic heterocycles. The topological polar surface area (TPSA) is 81.1 Å². The average Bonchev–Trinajstić information content (AvgIpc) is 3.07. The summed E-state index contributed by atoms with van der Waals surface area (Å²) in [6.07, 6.45) is 0. The Morgan fingerprint density at radius 3 is 2.58 bits per heavy atom. The van der Waals surface area contributed by atoms with E-state index in [-0.39, 0.29) is 17.2 Å². The first-order valence-electron chi connectivity index (χ1n) is 7.89. The number of nitrogens with one attached hydrogen (secondary N) is 1. The molecule has 8 heteroatoms. The van der Waals surface area contributed by atoms with Gasteiger partial charge < -0.3 is 5.32 Å². The van der Waals surface area contributed by atoms with Crippen LogP contribution in [0.15, 0.2) is 45.7 Å². The van der Waals surface area contributed by atoms with Gasteiger partial charge in [-0.1, -0.05) is 11.8 Å². The number of benzene rings is 1. The largest absolute Gasteiger partial charge is 0.326 e. The van der Waals surface area contributed by atoms with Gasteiger partial charge in [0.1, 0.15) is 4.83 Å². The molecule has 1 atom stereocenters. The van der Waals surface area contributed by atoms with Crippen molar-refractivity contribution >= 4 is 50.7 Å². The normalized spacial score (nSPS) is 12.1. The minimum atomic E-state index is -0.405. The standard InChI is InChI=1S/C18H17N3O3S2/c1-10(15(23)12-4-6-13(7-5-12)19-11(2)22)26-18-20-16-14(8-9-25-16)17(24)21(18)3/h4-10H,1-3H3,(H,19,22). The molecule has 26 heavy (non-hydrogen) atoms. The van der Waals surface area contributed by atoms with Crippen LogP contribution in [0.4, 0.5) is 5.69 Å². The summed E-state index contributed by atoms with van der Waals surface area (Å²) in [5.74, 6) is -0.228. The lowest BCUT2D eigenvalue weighted by Gasteiger charge is -2.12. The van der Waals surface area contributed by atoms with Crippen LogP contribution in [-0.4, -0.2) is 26.5 Å². The van der Waals surface area contributed by atoms with Crippen LogP contribution >= 0.6 is 23.1 Å². The lowest BCUT2D eigenvalue weighted by Crippen LogP contribution is -2.21. The molecule has 0 radical (unpaired) electrons. The Hall–Kier alpha value is -2.45. The SMILES string of the molecule is CC(=O)Nc1ccc(C(=O)C(C)Sc2nc3sccc3c(=O)n2C)cc1. The van der Waals surface area contributed by atoms with Crippen LogP contribution in [0.3, 0.4) is 0 Å². The van der Waals surface area contributed by atoms with Crippen LogP contribution in [0.25, 0.3) is 10.2 Å². The van der Waals surface area contributed by atoms with Crippen molar-refractivity contribution in [3.05, 3.63) is 51.6 Å². The van der Waals surface area contributed by atoms with Gasteiger partial charge in [0.15, 0.2) is 10.9 Å². The van der Waals surface area contributed by atoms with Gasteiger partial charge in [-0.3, -0.25) is 19.0 Å². The number of rotatable bonds is 5. The highest BCUT2D eigenvalue weighted by molar-refractivity contribution is 8.00. The van der Waals surface area contributed by atoms with Gasteiger partial charge in [-0.25, -0.2) is 4.98 Å². The summed E-state index contributed by atoms with van der Waals surface area (Å²) >= 11 is 2.67. The van der Waals surface area contributed by atoms with Crippen molar-refractivity contribution in [2.24, 2.45) is 7.05 Å². The van der Waals surface area contributed by atoms with Gasteiger partial charge in [-0.15, -0.1) is 11.3 Å². The molecule has 0 spiro atoms. The maximum Gasteiger partial charge on any atom is 0.262 e. The Labute approximate surface area is 158 Å². The number of thioether (sulfide) groups is 1. The number of anilines is 1. The molecule has 2 heterocycles. The summed E-state index contributed by atoms with van der Waals surface area (Å²) in [5, 5.41) is 5.20. The molecule has 0 saturated carbocycles. The van der Waals surface area contributed by atoms with Crippen LogP contribution in [0.2, 0.25) is 0 Å². The molecule has 0 fully saturated rings. The van der Waals surface area contributed by atoms with Crippen molar-refractivity contribution in [2.75, 3.05) is 5.32 Å². The molecular weight excluding hydrogens is 370 g/mol. The Bertz CT molecular complexity index is 1040. The van der Waals surface area contributed by atoms with Crippen LogP contribution in [0.5, 0.6) is 0 Å². The summed E-state index contributed by atoms with van der Waals surface area (Å²) in [6.45, 7) is 3.22. The number of hydrogen-bond donors (Lipinski definition) is 1. The smallest absolute Gasteiger partial charge is 0.262 e. The summed E-state index contributed by atoms with van der Waals surface area (Å²) in [4.78, 5) is 41.3. The molecule has 1 N–H and O–H groups in total. The summed E-state index contributed by atoms with van der Waals surface area (Å²) in [6, 6.07) is 8.50. The molecule has 1 unspecified atom stereocenters. The lowest BCUT2D eigenvalue weighted by molar-refractivity contribution is -0.114. The van der Waals surface area contributed by atoms with Gasteiger partial charge in [-0.05, 0) is 42.6 Å². The summed E-state index contributed by atoms with van der Waals surface area (Å²) < 4.78 is 1.48. The molecule has 2 aromatic heterocycles. The van der Waals surface area contributed by atoms with Gasteiger partial charge in [0.25, 0.3) is 5.56 Å².